The molecular weight excluding hydrogens is 448 g/mol. The van der Waals surface area contributed by atoms with Crippen molar-refractivity contribution in [2.75, 3.05) is 6.54 Å². The molecule has 0 aliphatic carbocycles. The number of hydrogen-bond acceptors (Lipinski definition) is 5. The Labute approximate surface area is 204 Å². The van der Waals surface area contributed by atoms with Gasteiger partial charge in [-0.2, -0.15) is 0 Å². The van der Waals surface area contributed by atoms with Crippen LogP contribution in [0.2, 0.25) is 0 Å². The van der Waals surface area contributed by atoms with Crippen LogP contribution in [-0.2, 0) is 29.7 Å². The number of furan rings is 1. The number of carbonyl (C=O) groups excluding carboxylic acids is 2. The Morgan fingerprint density at radius 3 is 2.46 bits per heavy atom. The molecule has 9 nitrogen and oxygen atoms in total. The third-order valence-electron chi connectivity index (χ3n) is 5.92. The van der Waals surface area contributed by atoms with Gasteiger partial charge in [0, 0.05) is 43.2 Å². The second-order valence-electron chi connectivity index (χ2n) is 8.34. The molecule has 2 aromatic heterocycles. The summed E-state index contributed by atoms with van der Waals surface area (Å²) >= 11 is 0. The fraction of sp³-hybridized carbons (Fsp3) is 0.308. The molecule has 3 rings (SSSR count). The Hall–Kier alpha value is -4.14. The second kappa shape index (κ2) is 11.8. The number of aromatic nitrogens is 1. The molecule has 9 heteroatoms. The van der Waals surface area contributed by atoms with Crippen LogP contribution in [0.15, 0.2) is 71.5 Å². The second-order valence-corrected chi connectivity index (χ2v) is 8.34. The predicted molar refractivity (Wildman–Crippen MR) is 132 cm³/mol. The van der Waals surface area contributed by atoms with E-state index in [0.29, 0.717) is 24.3 Å². The van der Waals surface area contributed by atoms with Crippen molar-refractivity contribution in [3.05, 3.63) is 94.2 Å². The summed E-state index contributed by atoms with van der Waals surface area (Å²) in [5, 5.41) is 10.8. The van der Waals surface area contributed by atoms with E-state index in [0.717, 1.165) is 5.69 Å². The van der Waals surface area contributed by atoms with Crippen LogP contribution >= 0.6 is 0 Å². The largest absolute Gasteiger partial charge is 0.467 e. The number of nitro groups is 1. The molecule has 0 spiro atoms. The zero-order chi connectivity index (χ0) is 25.4. The number of nitro benzene ring substituents is 1. The third-order valence-corrected chi connectivity index (χ3v) is 5.92. The van der Waals surface area contributed by atoms with Crippen LogP contribution in [0.4, 0.5) is 5.69 Å². The quantitative estimate of drug-likeness (QED) is 0.231. The normalized spacial score (nSPS) is 12.0. The molecular formula is C26H30N4O5. The number of hydrogen-bond donors (Lipinski definition) is 0. The number of carbonyl (C=O) groups is 2. The van der Waals surface area contributed by atoms with Gasteiger partial charge in [-0.25, -0.2) is 0 Å². The molecule has 2 heterocycles. The minimum atomic E-state index is -0.473. The number of benzene rings is 1. The number of amides is 2. The van der Waals surface area contributed by atoms with E-state index in [2.05, 4.69) is 0 Å². The lowest BCUT2D eigenvalue weighted by Crippen LogP contribution is -2.45. The Kier molecular flexibility index (Phi) is 8.61. The first-order chi connectivity index (χ1) is 16.8. The number of rotatable bonds is 11. The molecule has 0 aliphatic heterocycles. The number of aryl methyl sites for hydroxylation is 1. The third kappa shape index (κ3) is 6.92. The Morgan fingerprint density at radius 2 is 1.89 bits per heavy atom. The highest BCUT2D eigenvalue weighted by Crippen LogP contribution is 2.15. The molecule has 0 N–H and O–H groups in total. The summed E-state index contributed by atoms with van der Waals surface area (Å²) in [4.78, 5) is 40.1. The van der Waals surface area contributed by atoms with Gasteiger partial charge in [0.05, 0.1) is 24.3 Å². The van der Waals surface area contributed by atoms with Gasteiger partial charge in [-0.15, -0.1) is 0 Å². The van der Waals surface area contributed by atoms with Gasteiger partial charge < -0.3 is 18.8 Å². The standard InChI is InChI=1S/C26H30N4O5/c1-4-20(2)29(25(31)14-11-21-9-12-22(13-10-21)30(33)34)19-26(32)28(18-24-8-6-16-35-24)17-23-7-5-15-27(23)3/h5-16,20H,4,17-19H2,1-3H3. The predicted octanol–water partition coefficient (Wildman–Crippen LogP) is 4.40. The van der Waals surface area contributed by atoms with Crippen molar-refractivity contribution in [1.82, 2.24) is 14.4 Å². The maximum atomic E-state index is 13.4. The van der Waals surface area contributed by atoms with E-state index in [1.807, 2.05) is 49.9 Å². The van der Waals surface area contributed by atoms with Gasteiger partial charge in [-0.05, 0) is 61.4 Å². The van der Waals surface area contributed by atoms with Crippen molar-refractivity contribution in [3.8, 4) is 0 Å². The van der Waals surface area contributed by atoms with Crippen LogP contribution in [0, 0.1) is 10.1 Å². The average molecular weight is 479 g/mol. The summed E-state index contributed by atoms with van der Waals surface area (Å²) in [5.74, 6) is 0.162. The van der Waals surface area contributed by atoms with Crippen molar-refractivity contribution in [2.45, 2.75) is 39.4 Å². The van der Waals surface area contributed by atoms with Gasteiger partial charge >= 0.3 is 0 Å². The van der Waals surface area contributed by atoms with Gasteiger partial charge in [0.15, 0.2) is 0 Å². The highest BCUT2D eigenvalue weighted by atomic mass is 16.6. The van der Waals surface area contributed by atoms with Gasteiger partial charge in [0.25, 0.3) is 5.69 Å². The summed E-state index contributed by atoms with van der Waals surface area (Å²) in [7, 11) is 1.92. The molecule has 0 radical (unpaired) electrons. The molecule has 1 unspecified atom stereocenters. The molecule has 1 aromatic carbocycles. The first-order valence-corrected chi connectivity index (χ1v) is 11.4. The van der Waals surface area contributed by atoms with Crippen molar-refractivity contribution in [3.63, 3.8) is 0 Å². The Bertz CT molecular complexity index is 1160. The van der Waals surface area contributed by atoms with E-state index in [1.165, 1.54) is 18.2 Å². The molecule has 1 atom stereocenters. The zero-order valence-electron chi connectivity index (χ0n) is 20.2. The monoisotopic (exact) mass is 478 g/mol. The molecule has 0 bridgehead atoms. The van der Waals surface area contributed by atoms with Crippen LogP contribution in [0.5, 0.6) is 0 Å². The van der Waals surface area contributed by atoms with Gasteiger partial charge in [-0.1, -0.05) is 6.92 Å². The van der Waals surface area contributed by atoms with Crippen molar-refractivity contribution in [2.24, 2.45) is 7.05 Å². The molecule has 184 valence electrons. The smallest absolute Gasteiger partial charge is 0.269 e. The highest BCUT2D eigenvalue weighted by molar-refractivity contribution is 5.94. The number of nitrogens with zero attached hydrogens (tertiary/aromatic N) is 4. The van der Waals surface area contributed by atoms with Gasteiger partial charge in [0.2, 0.25) is 11.8 Å². The van der Waals surface area contributed by atoms with Crippen LogP contribution in [-0.4, -0.2) is 43.7 Å². The molecule has 35 heavy (non-hydrogen) atoms. The molecule has 2 amide bonds. The molecule has 3 aromatic rings. The lowest BCUT2D eigenvalue weighted by Gasteiger charge is -2.30. The minimum absolute atomic E-state index is 0.0184. The summed E-state index contributed by atoms with van der Waals surface area (Å²) in [5.41, 5.74) is 1.60. The highest BCUT2D eigenvalue weighted by Gasteiger charge is 2.24. The zero-order valence-corrected chi connectivity index (χ0v) is 20.2. The van der Waals surface area contributed by atoms with E-state index in [4.69, 9.17) is 4.42 Å². The van der Waals surface area contributed by atoms with Crippen molar-refractivity contribution >= 4 is 23.6 Å². The van der Waals surface area contributed by atoms with Gasteiger partial charge in [-0.3, -0.25) is 19.7 Å². The minimum Gasteiger partial charge on any atom is -0.467 e. The molecule has 0 saturated carbocycles. The van der Waals surface area contributed by atoms with Crippen LogP contribution in [0.1, 0.15) is 37.3 Å². The maximum absolute atomic E-state index is 13.4. The Balaban J connectivity index is 1.76. The van der Waals surface area contributed by atoms with Crippen LogP contribution < -0.4 is 0 Å². The van der Waals surface area contributed by atoms with E-state index in [9.17, 15) is 19.7 Å². The molecule has 0 aliphatic rings. The summed E-state index contributed by atoms with van der Waals surface area (Å²) in [6, 6.07) is 13.2. The average Bonchev–Trinajstić information content (AvgIpc) is 3.51. The van der Waals surface area contributed by atoms with E-state index in [-0.39, 0.29) is 36.6 Å². The summed E-state index contributed by atoms with van der Waals surface area (Å²) < 4.78 is 7.41. The first-order valence-electron chi connectivity index (χ1n) is 11.4. The number of non-ortho nitro benzene ring substituents is 1. The van der Waals surface area contributed by atoms with Crippen molar-refractivity contribution in [1.29, 1.82) is 0 Å². The van der Waals surface area contributed by atoms with Crippen molar-refractivity contribution < 1.29 is 18.9 Å². The van der Waals surface area contributed by atoms with Gasteiger partial charge in [0.1, 0.15) is 12.3 Å². The first kappa shape index (κ1) is 25.5. The lowest BCUT2D eigenvalue weighted by molar-refractivity contribution is -0.384. The van der Waals surface area contributed by atoms with Crippen LogP contribution in [0.3, 0.4) is 0 Å². The summed E-state index contributed by atoms with van der Waals surface area (Å²) in [6.45, 7) is 4.45. The van der Waals surface area contributed by atoms with Crippen LogP contribution in [0.25, 0.3) is 6.08 Å². The Morgan fingerprint density at radius 1 is 1.14 bits per heavy atom. The van der Waals surface area contributed by atoms with E-state index in [1.54, 1.807) is 40.3 Å². The molecule has 0 fully saturated rings. The maximum Gasteiger partial charge on any atom is 0.269 e. The van der Waals surface area contributed by atoms with E-state index >= 15 is 0 Å². The van der Waals surface area contributed by atoms with E-state index < -0.39 is 4.92 Å². The summed E-state index contributed by atoms with van der Waals surface area (Å²) in [6.07, 6.45) is 7.16. The lowest BCUT2D eigenvalue weighted by atomic mass is 10.1. The fourth-order valence-electron chi connectivity index (χ4n) is 3.57. The molecule has 0 saturated heterocycles. The topological polar surface area (TPSA) is 102 Å². The SMILES string of the molecule is CCC(C)N(CC(=O)N(Cc1ccco1)Cc1cccn1C)C(=O)C=Cc1ccc([N+](=O)[O-])cc1. The fourth-order valence-corrected chi connectivity index (χ4v) is 3.57.